The van der Waals surface area contributed by atoms with Crippen LogP contribution in [0.1, 0.15) is 39.5 Å². The molecule has 3 atom stereocenters. The van der Waals surface area contributed by atoms with E-state index >= 15 is 0 Å². The van der Waals surface area contributed by atoms with Crippen LogP contribution in [0.5, 0.6) is 0 Å². The minimum atomic E-state index is 0. The van der Waals surface area contributed by atoms with Crippen molar-refractivity contribution in [3.8, 4) is 0 Å². The molecule has 3 unspecified atom stereocenters. The normalized spacial score (nSPS) is 32.1. The first-order valence-corrected chi connectivity index (χ1v) is 6.80. The van der Waals surface area contributed by atoms with Gasteiger partial charge in [0, 0.05) is 38.2 Å². The number of hydrogen-bond donors (Lipinski definition) is 1. The van der Waals surface area contributed by atoms with Crippen LogP contribution in [0, 0.1) is 0 Å². The monoisotopic (exact) mass is 276 g/mol. The molecule has 0 aromatic heterocycles. The lowest BCUT2D eigenvalue weighted by Gasteiger charge is -2.36. The van der Waals surface area contributed by atoms with E-state index in [1.165, 1.54) is 0 Å². The van der Waals surface area contributed by atoms with E-state index < -0.39 is 0 Å². The van der Waals surface area contributed by atoms with Crippen molar-refractivity contribution in [2.45, 2.75) is 57.7 Å². The molecule has 4 nitrogen and oxygen atoms in total. The lowest BCUT2D eigenvalue weighted by atomic mass is 10.1. The summed E-state index contributed by atoms with van der Waals surface area (Å²) in [6.45, 7) is 6.83. The Morgan fingerprint density at radius 2 is 2.00 bits per heavy atom. The van der Waals surface area contributed by atoms with Gasteiger partial charge < -0.3 is 15.0 Å². The number of amides is 1. The summed E-state index contributed by atoms with van der Waals surface area (Å²) < 4.78 is 5.55. The second-order valence-electron chi connectivity index (χ2n) is 5.44. The number of halogens is 1. The molecule has 2 fully saturated rings. The van der Waals surface area contributed by atoms with E-state index in [4.69, 9.17) is 4.74 Å². The Morgan fingerprint density at radius 3 is 2.56 bits per heavy atom. The third kappa shape index (κ3) is 4.41. The first-order chi connectivity index (χ1) is 8.15. The van der Waals surface area contributed by atoms with Crippen LogP contribution in [0.25, 0.3) is 0 Å². The number of nitrogens with one attached hydrogen (secondary N) is 1. The summed E-state index contributed by atoms with van der Waals surface area (Å²) in [5.74, 6) is 0.292. The fourth-order valence-corrected chi connectivity index (χ4v) is 2.85. The zero-order valence-electron chi connectivity index (χ0n) is 11.4. The van der Waals surface area contributed by atoms with Gasteiger partial charge in [-0.2, -0.15) is 0 Å². The highest BCUT2D eigenvalue weighted by atomic mass is 35.5. The summed E-state index contributed by atoms with van der Waals surface area (Å²) in [7, 11) is 0. The zero-order chi connectivity index (χ0) is 12.3. The van der Waals surface area contributed by atoms with Crippen molar-refractivity contribution in [3.63, 3.8) is 0 Å². The maximum absolute atomic E-state index is 12.1. The Morgan fingerprint density at radius 1 is 1.33 bits per heavy atom. The maximum Gasteiger partial charge on any atom is 0.222 e. The molecular formula is C13H25ClN2O2. The number of nitrogens with zero attached hydrogens (tertiary/aromatic N) is 1. The molecule has 0 saturated carbocycles. The molecule has 0 radical (unpaired) electrons. The summed E-state index contributed by atoms with van der Waals surface area (Å²) in [5, 5.41) is 3.44. The van der Waals surface area contributed by atoms with Gasteiger partial charge in [0.05, 0.1) is 6.10 Å². The first-order valence-electron chi connectivity index (χ1n) is 6.80. The summed E-state index contributed by atoms with van der Waals surface area (Å²) in [6, 6.07) is 0.816. The quantitative estimate of drug-likeness (QED) is 0.851. The van der Waals surface area contributed by atoms with Crippen molar-refractivity contribution in [2.75, 3.05) is 19.7 Å². The number of ether oxygens (including phenoxy) is 1. The molecule has 106 valence electrons. The predicted molar refractivity (Wildman–Crippen MR) is 74.1 cm³/mol. The van der Waals surface area contributed by atoms with Crippen LogP contribution in [0.15, 0.2) is 0 Å². The Balaban J connectivity index is 0.00000162. The lowest BCUT2D eigenvalue weighted by molar-refractivity contribution is -0.133. The van der Waals surface area contributed by atoms with Gasteiger partial charge in [0.15, 0.2) is 0 Å². The second-order valence-corrected chi connectivity index (χ2v) is 5.44. The Hall–Kier alpha value is -0.320. The average Bonchev–Trinajstić information content (AvgIpc) is 2.77. The number of piperazine rings is 1. The maximum atomic E-state index is 12.1. The van der Waals surface area contributed by atoms with Crippen LogP contribution >= 0.6 is 12.4 Å². The SMILES string of the molecule is CC1CN(C(=O)CCC2CCCO2)CC(C)N1.Cl. The molecule has 1 amide bonds. The van der Waals surface area contributed by atoms with Crippen LogP contribution in [-0.4, -0.2) is 48.7 Å². The molecule has 0 spiro atoms. The Kier molecular flexibility index (Phi) is 6.39. The third-order valence-electron chi connectivity index (χ3n) is 3.61. The molecule has 0 aromatic carbocycles. The van der Waals surface area contributed by atoms with Crippen molar-refractivity contribution in [2.24, 2.45) is 0 Å². The number of carbonyl (C=O) groups is 1. The topological polar surface area (TPSA) is 41.6 Å². The van der Waals surface area contributed by atoms with Gasteiger partial charge >= 0.3 is 0 Å². The van der Waals surface area contributed by atoms with Crippen LogP contribution in [0.4, 0.5) is 0 Å². The Bertz CT molecular complexity index is 260. The van der Waals surface area contributed by atoms with Gasteiger partial charge in [-0.3, -0.25) is 4.79 Å². The largest absolute Gasteiger partial charge is 0.378 e. The van der Waals surface area contributed by atoms with E-state index in [-0.39, 0.29) is 12.4 Å². The highest BCUT2D eigenvalue weighted by Crippen LogP contribution is 2.18. The van der Waals surface area contributed by atoms with Gasteiger partial charge in [0.2, 0.25) is 5.91 Å². The fourth-order valence-electron chi connectivity index (χ4n) is 2.85. The minimum Gasteiger partial charge on any atom is -0.378 e. The van der Waals surface area contributed by atoms with Crippen molar-refractivity contribution < 1.29 is 9.53 Å². The predicted octanol–water partition coefficient (Wildman–Crippen LogP) is 1.58. The van der Waals surface area contributed by atoms with E-state index in [9.17, 15) is 4.79 Å². The molecule has 18 heavy (non-hydrogen) atoms. The van der Waals surface area contributed by atoms with Crippen molar-refractivity contribution >= 4 is 18.3 Å². The number of rotatable bonds is 3. The van der Waals surface area contributed by atoms with E-state index in [1.807, 2.05) is 4.90 Å². The van der Waals surface area contributed by atoms with Crippen molar-refractivity contribution in [1.82, 2.24) is 10.2 Å². The van der Waals surface area contributed by atoms with Gasteiger partial charge in [-0.25, -0.2) is 0 Å². The van der Waals surface area contributed by atoms with Gasteiger partial charge in [0.1, 0.15) is 0 Å². The van der Waals surface area contributed by atoms with Gasteiger partial charge in [-0.05, 0) is 33.1 Å². The average molecular weight is 277 g/mol. The molecule has 1 N–H and O–H groups in total. The summed E-state index contributed by atoms with van der Waals surface area (Å²) >= 11 is 0. The Labute approximate surface area is 116 Å². The van der Waals surface area contributed by atoms with E-state index in [0.717, 1.165) is 39.0 Å². The molecule has 2 rings (SSSR count). The van der Waals surface area contributed by atoms with Crippen LogP contribution in [0.2, 0.25) is 0 Å². The highest BCUT2D eigenvalue weighted by molar-refractivity contribution is 5.85. The van der Waals surface area contributed by atoms with Crippen LogP contribution < -0.4 is 5.32 Å². The molecule has 0 bridgehead atoms. The molecule has 0 aliphatic carbocycles. The van der Waals surface area contributed by atoms with Gasteiger partial charge in [-0.1, -0.05) is 0 Å². The molecular weight excluding hydrogens is 252 g/mol. The summed E-state index contributed by atoms with van der Waals surface area (Å²) in [6.07, 6.45) is 4.15. The number of carbonyl (C=O) groups excluding carboxylic acids is 1. The van der Waals surface area contributed by atoms with E-state index in [1.54, 1.807) is 0 Å². The van der Waals surface area contributed by atoms with Crippen LogP contribution in [-0.2, 0) is 9.53 Å². The first kappa shape index (κ1) is 15.7. The lowest BCUT2D eigenvalue weighted by Crippen LogP contribution is -2.55. The minimum absolute atomic E-state index is 0. The van der Waals surface area contributed by atoms with Crippen molar-refractivity contribution in [1.29, 1.82) is 0 Å². The van der Waals surface area contributed by atoms with Gasteiger partial charge in [0.25, 0.3) is 0 Å². The second kappa shape index (κ2) is 7.31. The fraction of sp³-hybridized carbons (Fsp3) is 0.923. The molecule has 2 heterocycles. The molecule has 2 saturated heterocycles. The van der Waals surface area contributed by atoms with E-state index in [0.29, 0.717) is 30.5 Å². The summed E-state index contributed by atoms with van der Waals surface area (Å²) in [4.78, 5) is 14.1. The molecule has 2 aliphatic rings. The standard InChI is InChI=1S/C13H24N2O2.ClH/c1-10-8-15(9-11(2)14-10)13(16)6-5-12-4-3-7-17-12;/h10-12,14H,3-9H2,1-2H3;1H. The summed E-state index contributed by atoms with van der Waals surface area (Å²) in [5.41, 5.74) is 0. The third-order valence-corrected chi connectivity index (χ3v) is 3.61. The molecule has 5 heteroatoms. The molecule has 2 aliphatic heterocycles. The number of hydrogen-bond acceptors (Lipinski definition) is 3. The van der Waals surface area contributed by atoms with Crippen molar-refractivity contribution in [3.05, 3.63) is 0 Å². The zero-order valence-corrected chi connectivity index (χ0v) is 12.2. The molecule has 0 aromatic rings. The smallest absolute Gasteiger partial charge is 0.222 e. The van der Waals surface area contributed by atoms with Gasteiger partial charge in [-0.15, -0.1) is 12.4 Å². The van der Waals surface area contributed by atoms with Crippen LogP contribution in [0.3, 0.4) is 0 Å². The highest BCUT2D eigenvalue weighted by Gasteiger charge is 2.25. The van der Waals surface area contributed by atoms with E-state index in [2.05, 4.69) is 19.2 Å².